The zero-order valence-corrected chi connectivity index (χ0v) is 23.2. The van der Waals surface area contributed by atoms with Gasteiger partial charge in [-0.2, -0.15) is 0 Å². The zero-order chi connectivity index (χ0) is 26.9. The fourth-order valence-corrected chi connectivity index (χ4v) is 5.63. The van der Waals surface area contributed by atoms with E-state index in [0.717, 1.165) is 34.0 Å². The van der Waals surface area contributed by atoms with Gasteiger partial charge in [-0.15, -0.1) is 0 Å². The van der Waals surface area contributed by atoms with E-state index in [4.69, 9.17) is 21.4 Å². The molecule has 5 nitrogen and oxygen atoms in total. The Labute approximate surface area is 239 Å². The predicted molar refractivity (Wildman–Crippen MR) is 157 cm³/mol. The van der Waals surface area contributed by atoms with Gasteiger partial charge in [-0.1, -0.05) is 24.3 Å². The minimum Gasteiger partial charge on any atom is -0.459 e. The van der Waals surface area contributed by atoms with Crippen LogP contribution in [0.1, 0.15) is 29.1 Å². The van der Waals surface area contributed by atoms with E-state index in [-0.39, 0.29) is 17.9 Å². The van der Waals surface area contributed by atoms with Crippen LogP contribution in [0, 0.1) is 12.7 Å². The molecule has 1 saturated heterocycles. The van der Waals surface area contributed by atoms with Crippen molar-refractivity contribution in [3.05, 3.63) is 131 Å². The van der Waals surface area contributed by atoms with Gasteiger partial charge in [0.2, 0.25) is 0 Å². The Morgan fingerprint density at radius 1 is 0.974 bits per heavy atom. The van der Waals surface area contributed by atoms with Crippen molar-refractivity contribution >= 4 is 38.9 Å². The van der Waals surface area contributed by atoms with Crippen molar-refractivity contribution in [2.45, 2.75) is 19.0 Å². The Balaban J connectivity index is 1.36. The van der Waals surface area contributed by atoms with Crippen molar-refractivity contribution in [1.82, 2.24) is 10.3 Å². The van der Waals surface area contributed by atoms with Gasteiger partial charge in [0.25, 0.3) is 0 Å². The van der Waals surface area contributed by atoms with Gasteiger partial charge in [0.15, 0.2) is 5.11 Å². The highest BCUT2D eigenvalue weighted by molar-refractivity contribution is 9.10. The van der Waals surface area contributed by atoms with Crippen molar-refractivity contribution < 1.29 is 13.5 Å². The summed E-state index contributed by atoms with van der Waals surface area (Å²) in [5.41, 5.74) is 3.54. The first-order valence-electron chi connectivity index (χ1n) is 12.4. The Morgan fingerprint density at radius 3 is 2.51 bits per heavy atom. The van der Waals surface area contributed by atoms with Gasteiger partial charge in [-0.3, -0.25) is 4.98 Å². The number of aryl methyl sites for hydroxylation is 1. The molecule has 0 bridgehead atoms. The van der Waals surface area contributed by atoms with Crippen molar-refractivity contribution in [1.29, 1.82) is 0 Å². The number of aromatic nitrogens is 1. The largest absolute Gasteiger partial charge is 0.459 e. The minimum absolute atomic E-state index is 0.253. The molecule has 1 aliphatic rings. The number of nitrogens with one attached hydrogen (secondary N) is 1. The monoisotopic (exact) mass is 599 g/mol. The Bertz CT molecular complexity index is 1640. The first-order valence-corrected chi connectivity index (χ1v) is 13.6. The molecule has 1 aliphatic heterocycles. The van der Waals surface area contributed by atoms with Crippen LogP contribution in [0.15, 0.2) is 112 Å². The number of pyridine rings is 1. The third-order valence-corrected chi connectivity index (χ3v) is 7.62. The number of halogens is 2. The molecule has 1 fully saturated rings. The molecule has 0 spiro atoms. The molecule has 3 aromatic carbocycles. The molecule has 0 unspecified atom stereocenters. The second kappa shape index (κ2) is 10.6. The maximum atomic E-state index is 13.7. The highest BCUT2D eigenvalue weighted by Crippen LogP contribution is 2.44. The molecule has 194 valence electrons. The fraction of sp³-hybridized carbons (Fsp3) is 0.0968. The molecular formula is C31H23BrFN3O2S. The third-order valence-electron chi connectivity index (χ3n) is 6.65. The third kappa shape index (κ3) is 5.05. The molecule has 3 heterocycles. The summed E-state index contributed by atoms with van der Waals surface area (Å²) in [6, 6.07) is 29.3. The van der Waals surface area contributed by atoms with Crippen LogP contribution in [0.4, 0.5) is 10.1 Å². The molecule has 8 heteroatoms. The number of benzene rings is 3. The van der Waals surface area contributed by atoms with Gasteiger partial charge < -0.3 is 19.4 Å². The van der Waals surface area contributed by atoms with Gasteiger partial charge in [-0.25, -0.2) is 4.39 Å². The fourth-order valence-electron chi connectivity index (χ4n) is 4.74. The number of anilines is 1. The van der Waals surface area contributed by atoms with E-state index in [9.17, 15) is 4.39 Å². The van der Waals surface area contributed by atoms with Crippen LogP contribution >= 0.6 is 28.1 Å². The van der Waals surface area contributed by atoms with Crippen LogP contribution in [-0.4, -0.2) is 10.1 Å². The molecule has 0 radical (unpaired) electrons. The van der Waals surface area contributed by atoms with Gasteiger partial charge in [0.05, 0.1) is 11.7 Å². The number of para-hydroxylation sites is 1. The minimum atomic E-state index is -0.320. The van der Waals surface area contributed by atoms with Crippen LogP contribution in [-0.2, 0) is 0 Å². The summed E-state index contributed by atoms with van der Waals surface area (Å²) >= 11 is 9.28. The highest BCUT2D eigenvalue weighted by atomic mass is 79.9. The van der Waals surface area contributed by atoms with E-state index in [1.165, 1.54) is 12.1 Å². The van der Waals surface area contributed by atoms with Crippen LogP contribution in [0.5, 0.6) is 11.5 Å². The lowest BCUT2D eigenvalue weighted by Gasteiger charge is -2.26. The van der Waals surface area contributed by atoms with Crippen molar-refractivity contribution in [2.24, 2.45) is 0 Å². The number of hydrogen-bond donors (Lipinski definition) is 1. The quantitative estimate of drug-likeness (QED) is 0.197. The molecular weight excluding hydrogens is 577 g/mol. The molecule has 5 aromatic rings. The van der Waals surface area contributed by atoms with E-state index < -0.39 is 0 Å². The van der Waals surface area contributed by atoms with E-state index in [2.05, 4.69) is 26.2 Å². The predicted octanol–water partition coefficient (Wildman–Crippen LogP) is 8.52. The standard InChI is InChI=1S/C31H23BrFN3O2S/c1-19-6-2-3-8-26(19)37-22-12-10-21(11-13-22)36-30(29(35-31(36)39)25-7-4-5-17-34-25)28-16-15-27(38-28)23-14-9-20(33)18-24(23)32/h2-18,29-30H,1H3,(H,35,39)/t29-,30+/m1/s1. The van der Waals surface area contributed by atoms with Crippen LogP contribution in [0.2, 0.25) is 0 Å². The second-order valence-corrected chi connectivity index (χ2v) is 10.4. The molecule has 6 rings (SSSR count). The first kappa shape index (κ1) is 25.3. The number of hydrogen-bond acceptors (Lipinski definition) is 4. The lowest BCUT2D eigenvalue weighted by molar-refractivity contribution is 0.439. The lowest BCUT2D eigenvalue weighted by Crippen LogP contribution is -2.29. The number of nitrogens with zero attached hydrogens (tertiary/aromatic N) is 2. The average molecular weight is 601 g/mol. The summed E-state index contributed by atoms with van der Waals surface area (Å²) in [7, 11) is 0. The zero-order valence-electron chi connectivity index (χ0n) is 20.8. The van der Waals surface area contributed by atoms with Gasteiger partial charge >= 0.3 is 0 Å². The first-order chi connectivity index (χ1) is 19.0. The highest BCUT2D eigenvalue weighted by Gasteiger charge is 2.42. The number of furan rings is 1. The summed E-state index contributed by atoms with van der Waals surface area (Å²) in [5.74, 6) is 2.54. The lowest BCUT2D eigenvalue weighted by atomic mass is 10.0. The van der Waals surface area contributed by atoms with Gasteiger partial charge in [0.1, 0.15) is 34.9 Å². The molecule has 0 saturated carbocycles. The summed E-state index contributed by atoms with van der Waals surface area (Å²) in [6.45, 7) is 2.02. The van der Waals surface area contributed by atoms with Crippen LogP contribution < -0.4 is 15.0 Å². The summed E-state index contributed by atoms with van der Waals surface area (Å²) < 4.78 is 26.8. The Hall–Kier alpha value is -4.01. The number of rotatable bonds is 6. The molecule has 1 N–H and O–H groups in total. The summed E-state index contributed by atoms with van der Waals surface area (Å²) in [6.07, 6.45) is 1.76. The Kier molecular flexibility index (Phi) is 6.89. The van der Waals surface area contributed by atoms with Crippen molar-refractivity contribution in [3.8, 4) is 22.8 Å². The van der Waals surface area contributed by atoms with Crippen LogP contribution in [0.3, 0.4) is 0 Å². The van der Waals surface area contributed by atoms with E-state index in [1.54, 1.807) is 12.3 Å². The van der Waals surface area contributed by atoms with Crippen molar-refractivity contribution in [3.63, 3.8) is 0 Å². The summed E-state index contributed by atoms with van der Waals surface area (Å²) in [5, 5.41) is 4.00. The van der Waals surface area contributed by atoms with Crippen LogP contribution in [0.25, 0.3) is 11.3 Å². The Morgan fingerprint density at radius 2 is 1.77 bits per heavy atom. The maximum Gasteiger partial charge on any atom is 0.174 e. The topological polar surface area (TPSA) is 50.5 Å². The smallest absolute Gasteiger partial charge is 0.174 e. The normalized spacial score (nSPS) is 16.8. The molecule has 2 aromatic heterocycles. The molecule has 0 aliphatic carbocycles. The second-order valence-electron chi connectivity index (χ2n) is 9.18. The van der Waals surface area contributed by atoms with E-state index in [1.807, 2.05) is 90.7 Å². The average Bonchev–Trinajstić information content (AvgIpc) is 3.55. The van der Waals surface area contributed by atoms with Gasteiger partial charge in [0, 0.05) is 21.9 Å². The maximum absolute atomic E-state index is 13.7. The van der Waals surface area contributed by atoms with Crippen molar-refractivity contribution in [2.75, 3.05) is 4.90 Å². The number of ether oxygens (including phenoxy) is 1. The molecule has 0 amide bonds. The van der Waals surface area contributed by atoms with Gasteiger partial charge in [-0.05, 0) is 113 Å². The summed E-state index contributed by atoms with van der Waals surface area (Å²) in [4.78, 5) is 6.63. The molecule has 39 heavy (non-hydrogen) atoms. The van der Waals surface area contributed by atoms with E-state index >= 15 is 0 Å². The van der Waals surface area contributed by atoms with E-state index in [0.29, 0.717) is 21.1 Å². The molecule has 2 atom stereocenters. The SMILES string of the molecule is Cc1ccccc1Oc1ccc(N2C(=S)N[C@H](c3ccccn3)[C@@H]2c2ccc(-c3ccc(F)cc3Br)o2)cc1. The number of thiocarbonyl (C=S) groups is 1.